The molecule has 0 aromatic carbocycles. The zero-order valence-electron chi connectivity index (χ0n) is 27.6. The van der Waals surface area contributed by atoms with Gasteiger partial charge in [-0.05, 0) is 36.4 Å². The van der Waals surface area contributed by atoms with Crippen molar-refractivity contribution in [3.63, 3.8) is 0 Å². The van der Waals surface area contributed by atoms with Crippen molar-refractivity contribution in [2.24, 2.45) is 16.7 Å². The maximum absolute atomic E-state index is 15.3. The minimum atomic E-state index is -2.18. The number of aliphatic hydroxyl groups is 1. The van der Waals surface area contributed by atoms with Gasteiger partial charge in [0, 0.05) is 46.0 Å². The molecule has 1 saturated heterocycles. The number of ketones is 1. The van der Waals surface area contributed by atoms with Gasteiger partial charge in [-0.2, -0.15) is 0 Å². The van der Waals surface area contributed by atoms with Crippen molar-refractivity contribution in [3.05, 3.63) is 33.5 Å². The summed E-state index contributed by atoms with van der Waals surface area (Å²) in [5.41, 5.74) is -6.75. The van der Waals surface area contributed by atoms with Crippen molar-refractivity contribution in [1.82, 2.24) is 0 Å². The van der Waals surface area contributed by atoms with E-state index >= 15 is 4.79 Å². The smallest absolute Gasteiger partial charge is 0.348 e. The summed E-state index contributed by atoms with van der Waals surface area (Å²) in [6.07, 6.45) is -7.08. The first-order valence-electron chi connectivity index (χ1n) is 15.4. The summed E-state index contributed by atoms with van der Waals surface area (Å²) in [6, 6.07) is 3.17. The Hall–Kier alpha value is -3.62. The lowest BCUT2D eigenvalue weighted by atomic mass is 9.44. The molecule has 256 valence electrons. The molecule has 13 nitrogen and oxygen atoms in total. The van der Waals surface area contributed by atoms with E-state index in [4.69, 9.17) is 28.4 Å². The monoisotopic (exact) mass is 676 g/mol. The minimum absolute atomic E-state index is 0.0973. The lowest BCUT2D eigenvalue weighted by Gasteiger charge is -2.67. The molecule has 3 aliphatic carbocycles. The van der Waals surface area contributed by atoms with E-state index in [2.05, 4.69) is 0 Å². The van der Waals surface area contributed by atoms with E-state index in [-0.39, 0.29) is 29.9 Å². The molecule has 9 atom stereocenters. The zero-order valence-corrected chi connectivity index (χ0v) is 28.4. The van der Waals surface area contributed by atoms with Crippen LogP contribution in [0.3, 0.4) is 0 Å². The van der Waals surface area contributed by atoms with Gasteiger partial charge in [0.25, 0.3) is 0 Å². The largest absolute Gasteiger partial charge is 0.461 e. The van der Waals surface area contributed by atoms with Crippen LogP contribution in [0.1, 0.15) is 77.9 Å². The lowest BCUT2D eigenvalue weighted by Crippen LogP contribution is -2.82. The standard InChI is InChI=1S/C33H40O13S/c1-15-20(42-16(2)34)13-33(40)28(45-29(39)21-10-9-11-47-21)26-31(8,27(38)25(44-18(4)36)24(15)30(33,6)7)22(43-17(3)35)12-23-32(26,14-41-23)46-19(5)37/h9-11,20,22-23,25-26,28,40H,12-14H2,1-8H3/t20-,22-,23+,25+,26-,28-,31+,32-,33+/m0/s1. The maximum Gasteiger partial charge on any atom is 0.348 e. The Kier molecular flexibility index (Phi) is 8.72. The van der Waals surface area contributed by atoms with Crippen LogP contribution < -0.4 is 0 Å². The quantitative estimate of drug-likeness (QED) is 0.265. The number of carbonyl (C=O) groups excluding carboxylic acids is 6. The molecule has 0 unspecified atom stereocenters. The summed E-state index contributed by atoms with van der Waals surface area (Å²) in [5.74, 6) is -5.97. The maximum atomic E-state index is 15.3. The fraction of sp³-hybridized carbons (Fsp3) is 0.636. The highest BCUT2D eigenvalue weighted by Gasteiger charge is 2.79. The van der Waals surface area contributed by atoms with Crippen molar-refractivity contribution in [1.29, 1.82) is 0 Å². The number of fused-ring (bicyclic) bond motifs is 5. The Balaban J connectivity index is 1.90. The van der Waals surface area contributed by atoms with Gasteiger partial charge in [0.1, 0.15) is 34.9 Å². The Bertz CT molecular complexity index is 1540. The Morgan fingerprint density at radius 1 is 0.936 bits per heavy atom. The van der Waals surface area contributed by atoms with E-state index in [0.717, 1.165) is 18.3 Å². The van der Waals surface area contributed by atoms with Crippen molar-refractivity contribution >= 4 is 47.0 Å². The van der Waals surface area contributed by atoms with Gasteiger partial charge in [-0.25, -0.2) is 4.79 Å². The summed E-state index contributed by atoms with van der Waals surface area (Å²) in [7, 11) is 0. The molecule has 1 N–H and O–H groups in total. The normalized spacial score (nSPS) is 37.1. The topological polar surface area (TPSA) is 178 Å². The number of carbonyl (C=O) groups is 6. The number of esters is 5. The molecule has 3 fully saturated rings. The summed E-state index contributed by atoms with van der Waals surface area (Å²) in [5, 5.41) is 14.9. The number of hydrogen-bond donors (Lipinski definition) is 1. The Morgan fingerprint density at radius 3 is 2.09 bits per heavy atom. The van der Waals surface area contributed by atoms with E-state index in [1.54, 1.807) is 32.2 Å². The molecule has 5 rings (SSSR count). The van der Waals surface area contributed by atoms with Crippen LogP contribution >= 0.6 is 11.3 Å². The lowest BCUT2D eigenvalue weighted by molar-refractivity contribution is -0.346. The van der Waals surface area contributed by atoms with Gasteiger partial charge in [-0.1, -0.05) is 19.9 Å². The van der Waals surface area contributed by atoms with Crippen molar-refractivity contribution < 1.29 is 62.3 Å². The molecular formula is C33H40O13S. The molecule has 14 heteroatoms. The van der Waals surface area contributed by atoms with Gasteiger partial charge in [0.2, 0.25) is 0 Å². The summed E-state index contributed by atoms with van der Waals surface area (Å²) in [4.78, 5) is 79.7. The third kappa shape index (κ3) is 5.28. The number of Topliss-reactive ketones (excluding diaryl/α,β-unsaturated/α-hetero) is 1. The second kappa shape index (κ2) is 11.8. The third-order valence-electron chi connectivity index (χ3n) is 10.5. The molecule has 4 aliphatic rings. The molecule has 0 spiro atoms. The van der Waals surface area contributed by atoms with Crippen LogP contribution in [0.2, 0.25) is 0 Å². The predicted octanol–water partition coefficient (Wildman–Crippen LogP) is 2.86. The van der Waals surface area contributed by atoms with Gasteiger partial charge in [0.15, 0.2) is 17.5 Å². The SMILES string of the molecule is CC(=O)O[C@H]1C(=O)[C@]2(C)[C@@H](OC(C)=O)C[C@H]3OC[C@@]3(OC(C)=O)[C@H]2[C@H](OC(=O)c2cccs2)[C@]2(O)C[C@H](OC(C)=O)C(C)=C1C2(C)C. The Morgan fingerprint density at radius 2 is 1.57 bits per heavy atom. The molecule has 0 radical (unpaired) electrons. The molecule has 1 aliphatic heterocycles. The highest BCUT2D eigenvalue weighted by molar-refractivity contribution is 7.11. The number of thiophene rings is 1. The highest BCUT2D eigenvalue weighted by Crippen LogP contribution is 2.65. The highest BCUT2D eigenvalue weighted by atomic mass is 32.1. The average molecular weight is 677 g/mol. The van der Waals surface area contributed by atoms with Crippen LogP contribution in [0.4, 0.5) is 0 Å². The molecule has 1 aromatic heterocycles. The molecule has 2 bridgehead atoms. The molecule has 2 saturated carbocycles. The summed E-state index contributed by atoms with van der Waals surface area (Å²) >= 11 is 1.09. The minimum Gasteiger partial charge on any atom is -0.461 e. The zero-order chi connectivity index (χ0) is 34.9. The second-order valence-electron chi connectivity index (χ2n) is 13.5. The fourth-order valence-electron chi connectivity index (χ4n) is 8.38. The van der Waals surface area contributed by atoms with Gasteiger partial charge in [-0.3, -0.25) is 24.0 Å². The van der Waals surface area contributed by atoms with Crippen LogP contribution in [0.25, 0.3) is 0 Å². The van der Waals surface area contributed by atoms with Crippen molar-refractivity contribution in [2.45, 2.75) is 110 Å². The Labute approximate surface area is 275 Å². The van der Waals surface area contributed by atoms with Crippen LogP contribution in [0.15, 0.2) is 28.7 Å². The van der Waals surface area contributed by atoms with E-state index in [0.29, 0.717) is 5.57 Å². The predicted molar refractivity (Wildman–Crippen MR) is 162 cm³/mol. The van der Waals surface area contributed by atoms with Crippen LogP contribution in [-0.4, -0.2) is 89.1 Å². The summed E-state index contributed by atoms with van der Waals surface area (Å²) in [6.45, 7) is 10.7. The van der Waals surface area contributed by atoms with Gasteiger partial charge in [0.05, 0.1) is 17.9 Å². The third-order valence-corrected chi connectivity index (χ3v) is 11.3. The average Bonchev–Trinajstić information content (AvgIpc) is 3.49. The first kappa shape index (κ1) is 34.7. The van der Waals surface area contributed by atoms with Crippen LogP contribution in [-0.2, 0) is 52.4 Å². The summed E-state index contributed by atoms with van der Waals surface area (Å²) < 4.78 is 35.5. The van der Waals surface area contributed by atoms with E-state index in [1.165, 1.54) is 33.8 Å². The molecule has 0 amide bonds. The van der Waals surface area contributed by atoms with E-state index in [1.807, 2.05) is 0 Å². The first-order chi connectivity index (χ1) is 21.8. The molecule has 2 heterocycles. The molecule has 1 aromatic rings. The number of ether oxygens (including phenoxy) is 6. The van der Waals surface area contributed by atoms with Crippen LogP contribution in [0, 0.1) is 16.7 Å². The van der Waals surface area contributed by atoms with Gasteiger partial charge < -0.3 is 33.5 Å². The van der Waals surface area contributed by atoms with E-state index < -0.39 is 94.1 Å². The van der Waals surface area contributed by atoms with Crippen molar-refractivity contribution in [2.75, 3.05) is 6.61 Å². The number of hydrogen-bond acceptors (Lipinski definition) is 14. The van der Waals surface area contributed by atoms with E-state index in [9.17, 15) is 29.1 Å². The van der Waals surface area contributed by atoms with Gasteiger partial charge in [-0.15, -0.1) is 11.3 Å². The van der Waals surface area contributed by atoms with Crippen molar-refractivity contribution in [3.8, 4) is 0 Å². The molecular weight excluding hydrogens is 636 g/mol. The first-order valence-corrected chi connectivity index (χ1v) is 16.2. The van der Waals surface area contributed by atoms with Crippen LogP contribution in [0.5, 0.6) is 0 Å². The number of rotatable bonds is 6. The second-order valence-corrected chi connectivity index (χ2v) is 14.5. The fourth-order valence-corrected chi connectivity index (χ4v) is 8.98. The van der Waals surface area contributed by atoms with Gasteiger partial charge >= 0.3 is 29.8 Å². The molecule has 47 heavy (non-hydrogen) atoms.